The van der Waals surface area contributed by atoms with Gasteiger partial charge in [0.15, 0.2) is 0 Å². The topological polar surface area (TPSA) is 78.1 Å². The van der Waals surface area contributed by atoms with E-state index in [1.807, 2.05) is 48.2 Å². The number of likely N-dealkylation sites (tertiary alicyclic amines) is 1. The summed E-state index contributed by atoms with van der Waals surface area (Å²) in [5.74, 6) is 0.494. The molecule has 3 aromatic rings. The molecule has 2 amide bonds. The molecule has 0 spiro atoms. The smallest absolute Gasteiger partial charge is 0.251 e. The molecule has 0 unspecified atom stereocenters. The third-order valence-electron chi connectivity index (χ3n) is 5.01. The number of hydrogen-bond donors (Lipinski definition) is 2. The Morgan fingerprint density at radius 3 is 2.74 bits per heavy atom. The van der Waals surface area contributed by atoms with Gasteiger partial charge in [0.25, 0.3) is 5.91 Å². The fourth-order valence-corrected chi connectivity index (χ4v) is 3.54. The summed E-state index contributed by atoms with van der Waals surface area (Å²) in [5.41, 5.74) is 3.52. The van der Waals surface area contributed by atoms with Gasteiger partial charge in [0.05, 0.1) is 23.6 Å². The van der Waals surface area contributed by atoms with Crippen molar-refractivity contribution in [2.45, 2.75) is 25.8 Å². The lowest BCUT2D eigenvalue weighted by Gasteiger charge is -2.23. The number of carbonyl (C=O) groups is 2. The molecule has 1 aliphatic heterocycles. The van der Waals surface area contributed by atoms with Crippen LogP contribution in [0.5, 0.6) is 0 Å². The summed E-state index contributed by atoms with van der Waals surface area (Å²) in [7, 11) is 0. The van der Waals surface area contributed by atoms with Gasteiger partial charge in [0.2, 0.25) is 5.91 Å². The van der Waals surface area contributed by atoms with Gasteiger partial charge in [-0.1, -0.05) is 29.8 Å². The number of aromatic amines is 1. The molecule has 2 N–H and O–H groups in total. The van der Waals surface area contributed by atoms with Crippen LogP contribution in [-0.2, 0) is 4.79 Å². The van der Waals surface area contributed by atoms with Crippen LogP contribution in [0.2, 0.25) is 0 Å². The second-order valence-electron chi connectivity index (χ2n) is 6.93. The van der Waals surface area contributed by atoms with Gasteiger partial charge in [-0.2, -0.15) is 0 Å². The van der Waals surface area contributed by atoms with Gasteiger partial charge in [0, 0.05) is 12.1 Å². The Labute approximate surface area is 157 Å². The number of aryl methyl sites for hydroxylation is 1. The van der Waals surface area contributed by atoms with Gasteiger partial charge in [-0.3, -0.25) is 9.59 Å². The van der Waals surface area contributed by atoms with Crippen LogP contribution in [0.3, 0.4) is 0 Å². The first-order valence-electron chi connectivity index (χ1n) is 9.21. The normalized spacial score (nSPS) is 16.6. The largest absolute Gasteiger partial charge is 0.343 e. The molecule has 0 bridgehead atoms. The average molecular weight is 362 g/mol. The van der Waals surface area contributed by atoms with Crippen molar-refractivity contribution in [3.8, 4) is 0 Å². The van der Waals surface area contributed by atoms with Crippen molar-refractivity contribution in [1.82, 2.24) is 20.2 Å². The van der Waals surface area contributed by atoms with E-state index in [1.54, 1.807) is 12.1 Å². The van der Waals surface area contributed by atoms with Crippen LogP contribution in [0.25, 0.3) is 11.0 Å². The minimum Gasteiger partial charge on any atom is -0.343 e. The fourth-order valence-electron chi connectivity index (χ4n) is 3.54. The third-order valence-corrected chi connectivity index (χ3v) is 5.01. The zero-order chi connectivity index (χ0) is 18.8. The Bertz CT molecular complexity index is 944. The maximum absolute atomic E-state index is 12.7. The molecule has 1 atom stereocenters. The highest BCUT2D eigenvalue weighted by atomic mass is 16.2. The number of carbonyl (C=O) groups excluding carboxylic acids is 2. The number of rotatable bonds is 4. The molecule has 1 saturated heterocycles. The van der Waals surface area contributed by atoms with Crippen molar-refractivity contribution < 1.29 is 9.59 Å². The molecule has 138 valence electrons. The zero-order valence-electron chi connectivity index (χ0n) is 15.2. The predicted octanol–water partition coefficient (Wildman–Crippen LogP) is 2.96. The first kappa shape index (κ1) is 17.3. The quantitative estimate of drug-likeness (QED) is 0.749. The molecule has 1 aliphatic rings. The van der Waals surface area contributed by atoms with E-state index in [1.165, 1.54) is 0 Å². The number of nitrogens with one attached hydrogen (secondary N) is 2. The second kappa shape index (κ2) is 7.23. The minimum atomic E-state index is -0.233. The molecule has 0 radical (unpaired) electrons. The SMILES string of the molecule is Cc1ccc(C(=O)NCC(=O)N2CCC[C@H]2c2nc3ccccc3[nH]2)cc1. The molecule has 6 heteroatoms. The number of H-pyrrole nitrogens is 1. The fraction of sp³-hybridized carbons (Fsp3) is 0.286. The summed E-state index contributed by atoms with van der Waals surface area (Å²) in [4.78, 5) is 34.7. The van der Waals surface area contributed by atoms with Crippen LogP contribution in [0.1, 0.15) is 40.6 Å². The van der Waals surface area contributed by atoms with Crippen molar-refractivity contribution in [3.63, 3.8) is 0 Å². The number of fused-ring (bicyclic) bond motifs is 1. The van der Waals surface area contributed by atoms with Crippen LogP contribution in [-0.4, -0.2) is 39.8 Å². The van der Waals surface area contributed by atoms with Gasteiger partial charge in [-0.05, 0) is 44.0 Å². The maximum atomic E-state index is 12.7. The van der Waals surface area contributed by atoms with Crippen molar-refractivity contribution in [2.24, 2.45) is 0 Å². The Kier molecular flexibility index (Phi) is 4.62. The van der Waals surface area contributed by atoms with E-state index in [4.69, 9.17) is 0 Å². The highest BCUT2D eigenvalue weighted by molar-refractivity contribution is 5.96. The van der Waals surface area contributed by atoms with E-state index < -0.39 is 0 Å². The molecule has 2 aromatic carbocycles. The van der Waals surface area contributed by atoms with Crippen LogP contribution in [0, 0.1) is 6.92 Å². The lowest BCUT2D eigenvalue weighted by molar-refractivity contribution is -0.131. The van der Waals surface area contributed by atoms with E-state index in [-0.39, 0.29) is 24.4 Å². The number of aromatic nitrogens is 2. The standard InChI is InChI=1S/C21H22N4O2/c1-14-8-10-15(11-9-14)21(27)22-13-19(26)25-12-4-7-18(25)20-23-16-5-2-3-6-17(16)24-20/h2-3,5-6,8-11,18H,4,7,12-13H2,1H3,(H,22,27)(H,23,24)/t18-/m0/s1. The van der Waals surface area contributed by atoms with Crippen LogP contribution < -0.4 is 5.32 Å². The molecule has 6 nitrogen and oxygen atoms in total. The number of benzene rings is 2. The number of hydrogen-bond acceptors (Lipinski definition) is 3. The van der Waals surface area contributed by atoms with E-state index in [9.17, 15) is 9.59 Å². The molecule has 1 aromatic heterocycles. The van der Waals surface area contributed by atoms with Crippen LogP contribution in [0.15, 0.2) is 48.5 Å². The summed E-state index contributed by atoms with van der Waals surface area (Å²) < 4.78 is 0. The Morgan fingerprint density at radius 2 is 1.96 bits per heavy atom. The second-order valence-corrected chi connectivity index (χ2v) is 6.93. The van der Waals surface area contributed by atoms with E-state index >= 15 is 0 Å². The maximum Gasteiger partial charge on any atom is 0.251 e. The van der Waals surface area contributed by atoms with Crippen LogP contribution in [0.4, 0.5) is 0 Å². The first-order chi connectivity index (χ1) is 13.1. The van der Waals surface area contributed by atoms with E-state index in [0.29, 0.717) is 12.1 Å². The molecule has 0 saturated carbocycles. The summed E-state index contributed by atoms with van der Waals surface area (Å²) in [6, 6.07) is 15.1. The molecule has 4 rings (SSSR count). The summed E-state index contributed by atoms with van der Waals surface area (Å²) in [5, 5.41) is 2.73. The van der Waals surface area contributed by atoms with E-state index in [0.717, 1.165) is 35.3 Å². The summed E-state index contributed by atoms with van der Waals surface area (Å²) in [6.07, 6.45) is 1.80. The molecular weight excluding hydrogens is 340 g/mol. The first-order valence-corrected chi connectivity index (χ1v) is 9.21. The van der Waals surface area contributed by atoms with E-state index in [2.05, 4.69) is 15.3 Å². The molecule has 1 fully saturated rings. The van der Waals surface area contributed by atoms with Crippen molar-refractivity contribution >= 4 is 22.8 Å². The van der Waals surface area contributed by atoms with Gasteiger partial charge < -0.3 is 15.2 Å². The highest BCUT2D eigenvalue weighted by Gasteiger charge is 2.32. The van der Waals surface area contributed by atoms with Gasteiger partial charge >= 0.3 is 0 Å². The molecule has 27 heavy (non-hydrogen) atoms. The number of para-hydroxylation sites is 2. The lowest BCUT2D eigenvalue weighted by Crippen LogP contribution is -2.40. The van der Waals surface area contributed by atoms with Crippen LogP contribution >= 0.6 is 0 Å². The Balaban J connectivity index is 1.43. The summed E-state index contributed by atoms with van der Waals surface area (Å²) >= 11 is 0. The minimum absolute atomic E-state index is 0.0105. The van der Waals surface area contributed by atoms with Crippen molar-refractivity contribution in [3.05, 3.63) is 65.5 Å². The number of imidazole rings is 1. The zero-order valence-corrected chi connectivity index (χ0v) is 15.2. The third kappa shape index (κ3) is 3.56. The molecular formula is C21H22N4O2. The highest BCUT2D eigenvalue weighted by Crippen LogP contribution is 2.31. The van der Waals surface area contributed by atoms with Gasteiger partial charge in [-0.15, -0.1) is 0 Å². The number of amides is 2. The predicted molar refractivity (Wildman–Crippen MR) is 103 cm³/mol. The Hall–Kier alpha value is -3.15. The molecule has 0 aliphatic carbocycles. The monoisotopic (exact) mass is 362 g/mol. The van der Waals surface area contributed by atoms with Crippen molar-refractivity contribution in [2.75, 3.05) is 13.1 Å². The van der Waals surface area contributed by atoms with Gasteiger partial charge in [-0.25, -0.2) is 4.98 Å². The number of nitrogens with zero attached hydrogens (tertiary/aromatic N) is 2. The van der Waals surface area contributed by atoms with Crippen molar-refractivity contribution in [1.29, 1.82) is 0 Å². The molecule has 2 heterocycles. The van der Waals surface area contributed by atoms with Gasteiger partial charge in [0.1, 0.15) is 5.82 Å². The summed E-state index contributed by atoms with van der Waals surface area (Å²) in [6.45, 7) is 2.64. The average Bonchev–Trinajstić information content (AvgIpc) is 3.32. The Morgan fingerprint density at radius 1 is 1.19 bits per heavy atom. The lowest BCUT2D eigenvalue weighted by atomic mass is 10.1.